The Hall–Kier alpha value is -2.46. The molecule has 0 radical (unpaired) electrons. The summed E-state index contributed by atoms with van der Waals surface area (Å²) in [6.45, 7) is 4.51. The van der Waals surface area contributed by atoms with Gasteiger partial charge in [0.05, 0.1) is 23.9 Å². The molecule has 0 saturated heterocycles. The van der Waals surface area contributed by atoms with Gasteiger partial charge in [-0.3, -0.25) is 0 Å². The number of nitrogens with two attached hydrogens (primary N) is 1. The van der Waals surface area contributed by atoms with Gasteiger partial charge in [0, 0.05) is 5.39 Å². The van der Waals surface area contributed by atoms with Gasteiger partial charge in [0.25, 0.3) is 0 Å². The molecule has 1 atom stereocenters. The fourth-order valence-corrected chi connectivity index (χ4v) is 2.55. The molecule has 112 valence electrons. The van der Waals surface area contributed by atoms with Gasteiger partial charge < -0.3 is 10.5 Å². The van der Waals surface area contributed by atoms with Gasteiger partial charge in [0.1, 0.15) is 11.6 Å². The minimum Gasteiger partial charge on any atom is -0.494 e. The molecule has 0 aliphatic heterocycles. The Bertz CT molecular complexity index is 784. The Morgan fingerprint density at radius 1 is 1.05 bits per heavy atom. The summed E-state index contributed by atoms with van der Waals surface area (Å²) in [5.74, 6) is 1.58. The van der Waals surface area contributed by atoms with Crippen LogP contribution in [0.2, 0.25) is 0 Å². The Balaban J connectivity index is 2.02. The van der Waals surface area contributed by atoms with Crippen molar-refractivity contribution < 1.29 is 4.74 Å². The molecule has 4 nitrogen and oxygen atoms in total. The number of ether oxygens (including phenoxy) is 1. The summed E-state index contributed by atoms with van der Waals surface area (Å²) in [6.07, 6.45) is 0. The molecule has 0 aliphatic rings. The van der Waals surface area contributed by atoms with Crippen LogP contribution in [0.4, 0.5) is 0 Å². The van der Waals surface area contributed by atoms with Crippen LogP contribution in [0.15, 0.2) is 48.5 Å². The van der Waals surface area contributed by atoms with E-state index >= 15 is 0 Å². The molecule has 1 unspecified atom stereocenters. The maximum atomic E-state index is 6.44. The first-order valence-electron chi connectivity index (χ1n) is 7.40. The number of para-hydroxylation sites is 1. The van der Waals surface area contributed by atoms with Crippen LogP contribution in [-0.2, 0) is 0 Å². The molecule has 3 rings (SSSR count). The molecule has 0 saturated carbocycles. The third-order valence-corrected chi connectivity index (χ3v) is 3.59. The Morgan fingerprint density at radius 2 is 1.77 bits per heavy atom. The number of fused-ring (bicyclic) bond motifs is 1. The van der Waals surface area contributed by atoms with Crippen LogP contribution in [0.1, 0.15) is 30.0 Å². The van der Waals surface area contributed by atoms with E-state index in [0.29, 0.717) is 6.61 Å². The number of nitrogens with zero attached hydrogens (tertiary/aromatic N) is 2. The molecule has 0 bridgehead atoms. The summed E-state index contributed by atoms with van der Waals surface area (Å²) >= 11 is 0. The van der Waals surface area contributed by atoms with Gasteiger partial charge in [0.2, 0.25) is 0 Å². The smallest absolute Gasteiger partial charge is 0.126 e. The second kappa shape index (κ2) is 6.12. The van der Waals surface area contributed by atoms with E-state index in [-0.39, 0.29) is 6.04 Å². The third-order valence-electron chi connectivity index (χ3n) is 3.59. The number of aromatic nitrogens is 2. The molecule has 0 spiro atoms. The lowest BCUT2D eigenvalue weighted by Crippen LogP contribution is -2.15. The molecule has 22 heavy (non-hydrogen) atoms. The van der Waals surface area contributed by atoms with E-state index in [1.54, 1.807) is 0 Å². The van der Waals surface area contributed by atoms with Crippen LogP contribution >= 0.6 is 0 Å². The fourth-order valence-electron chi connectivity index (χ4n) is 2.55. The minimum atomic E-state index is -0.290. The zero-order chi connectivity index (χ0) is 15.5. The molecular weight excluding hydrogens is 274 g/mol. The van der Waals surface area contributed by atoms with Crippen molar-refractivity contribution in [3.8, 4) is 5.75 Å². The van der Waals surface area contributed by atoms with Gasteiger partial charge in [-0.2, -0.15) is 0 Å². The third kappa shape index (κ3) is 2.78. The lowest BCUT2D eigenvalue weighted by atomic mass is 10.0. The molecule has 0 fully saturated rings. The van der Waals surface area contributed by atoms with Gasteiger partial charge in [-0.05, 0) is 37.6 Å². The predicted octanol–water partition coefficient (Wildman–Crippen LogP) is 3.39. The number of benzene rings is 2. The highest BCUT2D eigenvalue weighted by Crippen LogP contribution is 2.26. The summed E-state index contributed by atoms with van der Waals surface area (Å²) in [5, 5.41) is 0.995. The molecule has 0 aliphatic carbocycles. The maximum absolute atomic E-state index is 6.44. The van der Waals surface area contributed by atoms with Crippen LogP contribution in [0, 0.1) is 6.92 Å². The van der Waals surface area contributed by atoms with Gasteiger partial charge in [-0.1, -0.05) is 30.3 Å². The topological polar surface area (TPSA) is 61.0 Å². The maximum Gasteiger partial charge on any atom is 0.126 e. The van der Waals surface area contributed by atoms with E-state index in [1.165, 1.54) is 0 Å². The minimum absolute atomic E-state index is 0.290. The van der Waals surface area contributed by atoms with Gasteiger partial charge in [0.15, 0.2) is 0 Å². The zero-order valence-corrected chi connectivity index (χ0v) is 12.8. The van der Waals surface area contributed by atoms with E-state index in [0.717, 1.165) is 33.7 Å². The number of hydrogen-bond acceptors (Lipinski definition) is 4. The average molecular weight is 293 g/mol. The second-order valence-corrected chi connectivity index (χ2v) is 5.15. The quantitative estimate of drug-likeness (QED) is 0.801. The molecular formula is C18H19N3O. The van der Waals surface area contributed by atoms with Crippen molar-refractivity contribution in [3.05, 3.63) is 65.6 Å². The van der Waals surface area contributed by atoms with Gasteiger partial charge >= 0.3 is 0 Å². The van der Waals surface area contributed by atoms with Crippen molar-refractivity contribution in [1.29, 1.82) is 0 Å². The summed E-state index contributed by atoms with van der Waals surface area (Å²) in [4.78, 5) is 9.03. The van der Waals surface area contributed by atoms with E-state index in [9.17, 15) is 0 Å². The largest absolute Gasteiger partial charge is 0.494 e. The normalized spacial score (nSPS) is 12.3. The van der Waals surface area contributed by atoms with Crippen molar-refractivity contribution >= 4 is 10.9 Å². The highest BCUT2D eigenvalue weighted by Gasteiger charge is 2.15. The molecule has 1 heterocycles. The van der Waals surface area contributed by atoms with E-state index in [2.05, 4.69) is 9.97 Å². The van der Waals surface area contributed by atoms with Crippen molar-refractivity contribution in [2.24, 2.45) is 5.73 Å². The highest BCUT2D eigenvalue weighted by atomic mass is 16.5. The van der Waals surface area contributed by atoms with E-state index in [4.69, 9.17) is 10.5 Å². The monoisotopic (exact) mass is 293 g/mol. The average Bonchev–Trinajstić information content (AvgIpc) is 2.54. The molecule has 0 amide bonds. The Kier molecular flexibility index (Phi) is 4.02. The van der Waals surface area contributed by atoms with Crippen LogP contribution in [0.3, 0.4) is 0 Å². The Labute approximate surface area is 130 Å². The lowest BCUT2D eigenvalue weighted by Gasteiger charge is -2.15. The highest BCUT2D eigenvalue weighted by molar-refractivity contribution is 5.81. The SMILES string of the molecule is CCOc1ccc(C(N)c2nc(C)nc3ccccc23)cc1. The van der Waals surface area contributed by atoms with Crippen molar-refractivity contribution in [2.45, 2.75) is 19.9 Å². The van der Waals surface area contributed by atoms with Crippen molar-refractivity contribution in [3.63, 3.8) is 0 Å². The second-order valence-electron chi connectivity index (χ2n) is 5.15. The first kappa shape index (κ1) is 14.5. The van der Waals surface area contributed by atoms with Crippen LogP contribution in [0.5, 0.6) is 5.75 Å². The standard InChI is InChI=1S/C18H19N3O/c1-3-22-14-10-8-13(9-11-14)17(19)18-15-6-4-5-7-16(15)20-12(2)21-18/h4-11,17H,3,19H2,1-2H3. The summed E-state index contributed by atoms with van der Waals surface area (Å²) < 4.78 is 5.47. The lowest BCUT2D eigenvalue weighted by molar-refractivity contribution is 0.340. The molecule has 3 aromatic rings. The molecule has 1 aromatic heterocycles. The number of hydrogen-bond donors (Lipinski definition) is 1. The predicted molar refractivity (Wildman–Crippen MR) is 87.9 cm³/mol. The van der Waals surface area contributed by atoms with Crippen LogP contribution < -0.4 is 10.5 Å². The van der Waals surface area contributed by atoms with Crippen LogP contribution in [0.25, 0.3) is 10.9 Å². The first-order valence-corrected chi connectivity index (χ1v) is 7.40. The van der Waals surface area contributed by atoms with E-state index < -0.39 is 0 Å². The number of aryl methyl sites for hydroxylation is 1. The molecule has 2 aromatic carbocycles. The van der Waals surface area contributed by atoms with Crippen molar-refractivity contribution in [1.82, 2.24) is 9.97 Å². The van der Waals surface area contributed by atoms with E-state index in [1.807, 2.05) is 62.4 Å². The van der Waals surface area contributed by atoms with Gasteiger partial charge in [-0.15, -0.1) is 0 Å². The number of rotatable bonds is 4. The molecule has 2 N–H and O–H groups in total. The fraction of sp³-hybridized carbons (Fsp3) is 0.222. The summed E-state index contributed by atoms with van der Waals surface area (Å²) in [7, 11) is 0. The van der Waals surface area contributed by atoms with Crippen molar-refractivity contribution in [2.75, 3.05) is 6.61 Å². The zero-order valence-electron chi connectivity index (χ0n) is 12.8. The van der Waals surface area contributed by atoms with Crippen LogP contribution in [-0.4, -0.2) is 16.6 Å². The first-order chi connectivity index (χ1) is 10.7. The summed E-state index contributed by atoms with van der Waals surface area (Å²) in [6, 6.07) is 15.5. The summed E-state index contributed by atoms with van der Waals surface area (Å²) in [5.41, 5.74) is 9.23. The Morgan fingerprint density at radius 3 is 2.50 bits per heavy atom. The van der Waals surface area contributed by atoms with Gasteiger partial charge in [-0.25, -0.2) is 9.97 Å². The molecule has 4 heteroatoms.